The fraction of sp³-hybridized carbons (Fsp3) is 0.222. The van der Waals surface area contributed by atoms with Crippen LogP contribution in [0, 0.1) is 0 Å². The number of H-pyrrole nitrogens is 1. The minimum atomic E-state index is -1.25. The number of hydrogen-bond acceptors (Lipinski definition) is 4. The van der Waals surface area contributed by atoms with Crippen molar-refractivity contribution < 1.29 is 19.1 Å². The van der Waals surface area contributed by atoms with Gasteiger partial charge in [0.25, 0.3) is 5.91 Å². The maximum atomic E-state index is 13.3. The van der Waals surface area contributed by atoms with Crippen LogP contribution >= 0.6 is 0 Å². The van der Waals surface area contributed by atoms with Gasteiger partial charge in [0.1, 0.15) is 17.8 Å². The minimum absolute atomic E-state index is 0.334. The third kappa shape index (κ3) is 4.07. The van der Waals surface area contributed by atoms with E-state index in [1.165, 1.54) is 0 Å². The summed E-state index contributed by atoms with van der Waals surface area (Å²) >= 11 is 0. The minimum Gasteiger partial charge on any atom is -0.497 e. The van der Waals surface area contributed by atoms with E-state index in [4.69, 9.17) is 4.74 Å². The summed E-state index contributed by atoms with van der Waals surface area (Å²) in [6.07, 6.45) is 2.56. The lowest BCUT2D eigenvalue weighted by atomic mass is 9.90. The summed E-state index contributed by atoms with van der Waals surface area (Å²) in [5.74, 6) is -0.103. The number of para-hydroxylation sites is 1. The van der Waals surface area contributed by atoms with Crippen molar-refractivity contribution >= 4 is 39.5 Å². The Morgan fingerprint density at radius 2 is 1.83 bits per heavy atom. The average molecular weight is 471 g/mol. The van der Waals surface area contributed by atoms with Crippen LogP contribution in [0.5, 0.6) is 5.75 Å². The van der Waals surface area contributed by atoms with E-state index in [1.54, 1.807) is 14.0 Å². The van der Waals surface area contributed by atoms with E-state index < -0.39 is 17.5 Å². The highest BCUT2D eigenvalue weighted by Gasteiger charge is 2.49. The molecule has 1 unspecified atom stereocenters. The van der Waals surface area contributed by atoms with Crippen molar-refractivity contribution in [3.05, 3.63) is 78.0 Å². The maximum Gasteiger partial charge on any atom is 0.325 e. The van der Waals surface area contributed by atoms with Gasteiger partial charge in [-0.25, -0.2) is 4.79 Å². The van der Waals surface area contributed by atoms with Gasteiger partial charge < -0.3 is 20.4 Å². The second-order valence-electron chi connectivity index (χ2n) is 8.83. The molecule has 0 aliphatic carbocycles. The highest BCUT2D eigenvalue weighted by atomic mass is 16.5. The molecule has 3 N–H and O–H groups in total. The Hall–Kier alpha value is -4.33. The van der Waals surface area contributed by atoms with Gasteiger partial charge in [-0.3, -0.25) is 14.5 Å². The first-order chi connectivity index (χ1) is 16.9. The molecule has 35 heavy (non-hydrogen) atoms. The number of urea groups is 1. The Balaban J connectivity index is 1.25. The third-order valence-electron chi connectivity index (χ3n) is 6.59. The lowest BCUT2D eigenvalue weighted by Crippen LogP contribution is -2.43. The molecule has 0 saturated carbocycles. The summed E-state index contributed by atoms with van der Waals surface area (Å²) in [5.41, 5.74) is 1.53. The average Bonchev–Trinajstić information content (AvgIpc) is 3.37. The SMILES string of the molecule is COc1ccc2cc(C3(C)NC(=O)N(CC(=O)NCCc4c[nH]c5ccccc45)C3=O)ccc2c1. The number of imide groups is 1. The van der Waals surface area contributed by atoms with Crippen LogP contribution in [0.25, 0.3) is 21.7 Å². The monoisotopic (exact) mass is 470 g/mol. The topological polar surface area (TPSA) is 104 Å². The Labute approximate surface area is 202 Å². The number of nitrogens with one attached hydrogen (secondary N) is 3. The van der Waals surface area contributed by atoms with Gasteiger partial charge in [-0.05, 0) is 59.5 Å². The summed E-state index contributed by atoms with van der Waals surface area (Å²) in [4.78, 5) is 42.7. The van der Waals surface area contributed by atoms with Gasteiger partial charge in [-0.2, -0.15) is 0 Å². The van der Waals surface area contributed by atoms with Crippen molar-refractivity contribution in [2.45, 2.75) is 18.9 Å². The standard InChI is InChI=1S/C27H26N4O4/c1-27(20-9-7-18-14-21(35-2)10-8-17(18)13-20)25(33)31(26(34)30-27)16-24(32)28-12-11-19-15-29-23-6-4-3-5-22(19)23/h3-10,13-15,29H,11-12,16H2,1-2H3,(H,28,32)(H,30,34). The quantitative estimate of drug-likeness (QED) is 0.360. The van der Waals surface area contributed by atoms with Crippen LogP contribution in [-0.2, 0) is 21.5 Å². The van der Waals surface area contributed by atoms with Crippen LogP contribution in [0.4, 0.5) is 4.79 Å². The number of fused-ring (bicyclic) bond motifs is 2. The Bertz CT molecular complexity index is 1460. The van der Waals surface area contributed by atoms with Crippen LogP contribution in [0.3, 0.4) is 0 Å². The fourth-order valence-electron chi connectivity index (χ4n) is 4.57. The molecule has 0 spiro atoms. The van der Waals surface area contributed by atoms with E-state index >= 15 is 0 Å². The molecule has 8 heteroatoms. The van der Waals surface area contributed by atoms with Gasteiger partial charge in [0.2, 0.25) is 5.91 Å². The Kier molecular flexibility index (Phi) is 5.64. The fourth-order valence-corrected chi connectivity index (χ4v) is 4.57. The number of rotatable bonds is 7. The molecule has 1 aliphatic heterocycles. The van der Waals surface area contributed by atoms with Crippen molar-refractivity contribution in [2.75, 3.05) is 20.2 Å². The largest absolute Gasteiger partial charge is 0.497 e. The number of aromatic amines is 1. The number of carbonyl (C=O) groups excluding carboxylic acids is 3. The molecule has 1 saturated heterocycles. The number of carbonyl (C=O) groups is 3. The predicted molar refractivity (Wildman–Crippen MR) is 133 cm³/mol. The van der Waals surface area contributed by atoms with Crippen LogP contribution in [0.2, 0.25) is 0 Å². The zero-order valence-electron chi connectivity index (χ0n) is 19.6. The first-order valence-electron chi connectivity index (χ1n) is 11.4. The molecule has 4 aromatic rings. The highest BCUT2D eigenvalue weighted by Crippen LogP contribution is 2.32. The highest BCUT2D eigenvalue weighted by molar-refractivity contribution is 6.09. The number of aromatic nitrogens is 1. The van der Waals surface area contributed by atoms with E-state index in [0.29, 0.717) is 18.5 Å². The maximum absolute atomic E-state index is 13.3. The van der Waals surface area contributed by atoms with Crippen molar-refractivity contribution in [2.24, 2.45) is 0 Å². The molecule has 1 aromatic heterocycles. The predicted octanol–water partition coefficient (Wildman–Crippen LogP) is 3.46. The van der Waals surface area contributed by atoms with E-state index in [-0.39, 0.29) is 12.5 Å². The van der Waals surface area contributed by atoms with E-state index in [9.17, 15) is 14.4 Å². The van der Waals surface area contributed by atoms with Crippen molar-refractivity contribution in [1.82, 2.24) is 20.5 Å². The molecule has 1 fully saturated rings. The van der Waals surface area contributed by atoms with Gasteiger partial charge in [-0.1, -0.05) is 36.4 Å². The first-order valence-corrected chi connectivity index (χ1v) is 11.4. The third-order valence-corrected chi connectivity index (χ3v) is 6.59. The lowest BCUT2D eigenvalue weighted by molar-refractivity contribution is -0.134. The lowest BCUT2D eigenvalue weighted by Gasteiger charge is -2.22. The van der Waals surface area contributed by atoms with Crippen LogP contribution in [0.1, 0.15) is 18.1 Å². The molecular formula is C27H26N4O4. The number of nitrogens with zero attached hydrogens (tertiary/aromatic N) is 1. The summed E-state index contributed by atoms with van der Waals surface area (Å²) in [6, 6.07) is 18.6. The van der Waals surface area contributed by atoms with E-state index in [1.807, 2.05) is 66.9 Å². The molecule has 3 aromatic carbocycles. The van der Waals surface area contributed by atoms with Gasteiger partial charge in [0, 0.05) is 23.6 Å². The summed E-state index contributed by atoms with van der Waals surface area (Å²) in [6.45, 7) is 1.72. The molecule has 1 aliphatic rings. The number of amides is 4. The first kappa shape index (κ1) is 22.5. The van der Waals surface area contributed by atoms with Crippen LogP contribution in [0.15, 0.2) is 66.9 Å². The summed E-state index contributed by atoms with van der Waals surface area (Å²) in [7, 11) is 1.61. The smallest absolute Gasteiger partial charge is 0.325 e. The van der Waals surface area contributed by atoms with Gasteiger partial charge in [0.15, 0.2) is 0 Å². The van der Waals surface area contributed by atoms with Crippen molar-refractivity contribution in [3.63, 3.8) is 0 Å². The van der Waals surface area contributed by atoms with Crippen molar-refractivity contribution in [3.8, 4) is 5.75 Å². The molecule has 4 amide bonds. The Morgan fingerprint density at radius 1 is 1.06 bits per heavy atom. The zero-order valence-corrected chi connectivity index (χ0v) is 19.6. The molecule has 178 valence electrons. The van der Waals surface area contributed by atoms with E-state index in [2.05, 4.69) is 15.6 Å². The molecule has 5 rings (SSSR count). The van der Waals surface area contributed by atoms with Crippen molar-refractivity contribution in [1.29, 1.82) is 0 Å². The molecule has 8 nitrogen and oxygen atoms in total. The second-order valence-corrected chi connectivity index (χ2v) is 8.83. The normalized spacial score (nSPS) is 17.7. The zero-order chi connectivity index (χ0) is 24.6. The molecule has 0 bridgehead atoms. The number of hydrogen-bond donors (Lipinski definition) is 3. The number of ether oxygens (including phenoxy) is 1. The molecule has 0 radical (unpaired) electrons. The van der Waals surface area contributed by atoms with E-state index in [0.717, 1.165) is 37.9 Å². The Morgan fingerprint density at radius 3 is 2.66 bits per heavy atom. The summed E-state index contributed by atoms with van der Waals surface area (Å²) < 4.78 is 5.26. The second kappa shape index (κ2) is 8.79. The van der Waals surface area contributed by atoms with Gasteiger partial charge >= 0.3 is 6.03 Å². The number of methoxy groups -OCH3 is 1. The van der Waals surface area contributed by atoms with Gasteiger partial charge in [-0.15, -0.1) is 0 Å². The van der Waals surface area contributed by atoms with Gasteiger partial charge in [0.05, 0.1) is 7.11 Å². The molecular weight excluding hydrogens is 444 g/mol. The molecule has 1 atom stereocenters. The number of benzene rings is 3. The molecule has 2 heterocycles. The van der Waals surface area contributed by atoms with Crippen LogP contribution < -0.4 is 15.4 Å². The van der Waals surface area contributed by atoms with Crippen LogP contribution in [-0.4, -0.2) is 47.9 Å². The summed E-state index contributed by atoms with van der Waals surface area (Å²) in [5, 5.41) is 8.57.